The molecule has 0 fully saturated rings. The number of hydrogen-bond acceptors (Lipinski definition) is 2. The van der Waals surface area contributed by atoms with Crippen molar-refractivity contribution in [2.24, 2.45) is 0 Å². The maximum absolute atomic E-state index is 5.86. The third-order valence-corrected chi connectivity index (χ3v) is 11.2. The van der Waals surface area contributed by atoms with Crippen molar-refractivity contribution in [3.8, 4) is 0 Å². The lowest BCUT2D eigenvalue weighted by Crippen LogP contribution is -2.35. The molecule has 0 unspecified atom stereocenters. The van der Waals surface area contributed by atoms with E-state index in [4.69, 9.17) is 9.16 Å². The SMILES string of the molecule is CCCCCCCC/C=C\CCCCCCCCOCCC[Si](CC)(CC)OC. The smallest absolute Gasteiger partial charge is 0.191 e. The fraction of sp³-hybridized carbons (Fsp3) is 0.923. The molecule has 0 aromatic carbocycles. The van der Waals surface area contributed by atoms with Gasteiger partial charge in [0.2, 0.25) is 0 Å². The van der Waals surface area contributed by atoms with E-state index in [-0.39, 0.29) is 0 Å². The number of allylic oxidation sites excluding steroid dienone is 2. The summed E-state index contributed by atoms with van der Waals surface area (Å²) in [4.78, 5) is 0. The zero-order valence-corrected chi connectivity index (χ0v) is 21.6. The summed E-state index contributed by atoms with van der Waals surface area (Å²) in [5.74, 6) is 0. The van der Waals surface area contributed by atoms with Gasteiger partial charge in [-0.3, -0.25) is 0 Å². The van der Waals surface area contributed by atoms with Crippen LogP contribution in [-0.2, 0) is 9.16 Å². The van der Waals surface area contributed by atoms with Crippen LogP contribution in [0.1, 0.15) is 117 Å². The van der Waals surface area contributed by atoms with Crippen LogP contribution in [0.3, 0.4) is 0 Å². The molecule has 0 radical (unpaired) electrons. The highest BCUT2D eigenvalue weighted by Crippen LogP contribution is 2.22. The minimum Gasteiger partial charge on any atom is -0.420 e. The van der Waals surface area contributed by atoms with E-state index in [9.17, 15) is 0 Å². The second-order valence-electron chi connectivity index (χ2n) is 8.75. The Morgan fingerprint density at radius 3 is 1.59 bits per heavy atom. The lowest BCUT2D eigenvalue weighted by Gasteiger charge is -2.27. The number of hydrogen-bond donors (Lipinski definition) is 0. The second-order valence-corrected chi connectivity index (χ2v) is 13.4. The van der Waals surface area contributed by atoms with Crippen LogP contribution in [0.5, 0.6) is 0 Å². The molecule has 29 heavy (non-hydrogen) atoms. The molecule has 0 saturated heterocycles. The van der Waals surface area contributed by atoms with E-state index in [2.05, 4.69) is 32.9 Å². The predicted octanol–water partition coefficient (Wildman–Crippen LogP) is 9.06. The zero-order valence-electron chi connectivity index (χ0n) is 20.6. The van der Waals surface area contributed by atoms with Crippen molar-refractivity contribution < 1.29 is 9.16 Å². The summed E-state index contributed by atoms with van der Waals surface area (Å²) < 4.78 is 11.7. The van der Waals surface area contributed by atoms with Crippen molar-refractivity contribution in [3.63, 3.8) is 0 Å². The molecule has 0 aliphatic rings. The highest BCUT2D eigenvalue weighted by atomic mass is 28.4. The van der Waals surface area contributed by atoms with Gasteiger partial charge in [-0.05, 0) is 56.7 Å². The summed E-state index contributed by atoms with van der Waals surface area (Å²) in [5, 5.41) is 0. The molecule has 0 atom stereocenters. The highest BCUT2D eigenvalue weighted by molar-refractivity contribution is 6.73. The standard InChI is InChI=1S/C26H54O2Si/c1-5-8-9-10-11-12-13-14-15-16-17-18-19-20-21-22-24-28-25-23-26-29(6-2,7-3)27-4/h14-15H,5-13,16-26H2,1-4H3/b15-14-. The number of rotatable bonds is 23. The van der Waals surface area contributed by atoms with Crippen LogP contribution in [-0.4, -0.2) is 28.6 Å². The maximum Gasteiger partial charge on any atom is 0.191 e. The fourth-order valence-electron chi connectivity index (χ4n) is 4.04. The predicted molar refractivity (Wildman–Crippen MR) is 133 cm³/mol. The molecule has 0 saturated carbocycles. The number of unbranched alkanes of at least 4 members (excludes halogenated alkanes) is 12. The van der Waals surface area contributed by atoms with Gasteiger partial charge in [-0.2, -0.15) is 0 Å². The third kappa shape index (κ3) is 18.4. The summed E-state index contributed by atoms with van der Waals surface area (Å²) in [6.07, 6.45) is 25.1. The quantitative estimate of drug-likeness (QED) is 0.0921. The first-order valence-electron chi connectivity index (χ1n) is 13.0. The Balaban J connectivity index is 3.25. The normalized spacial score (nSPS) is 12.3. The van der Waals surface area contributed by atoms with E-state index in [1.54, 1.807) is 0 Å². The molecule has 0 amide bonds. The van der Waals surface area contributed by atoms with Crippen LogP contribution in [0.2, 0.25) is 18.1 Å². The van der Waals surface area contributed by atoms with E-state index in [1.165, 1.54) is 114 Å². The van der Waals surface area contributed by atoms with Crippen LogP contribution in [0.25, 0.3) is 0 Å². The Labute approximate surface area is 185 Å². The molecule has 174 valence electrons. The second kappa shape index (κ2) is 22.6. The molecule has 0 aromatic rings. The Bertz CT molecular complexity index is 331. The van der Waals surface area contributed by atoms with Gasteiger partial charge in [0.25, 0.3) is 0 Å². The first kappa shape index (κ1) is 28.9. The minimum absolute atomic E-state index is 0.920. The van der Waals surface area contributed by atoms with E-state index in [0.717, 1.165) is 13.2 Å². The lowest BCUT2D eigenvalue weighted by atomic mass is 10.1. The fourth-order valence-corrected chi connectivity index (χ4v) is 6.82. The van der Waals surface area contributed by atoms with Crippen molar-refractivity contribution >= 4 is 8.32 Å². The average molecular weight is 427 g/mol. The van der Waals surface area contributed by atoms with Crippen LogP contribution in [0, 0.1) is 0 Å². The van der Waals surface area contributed by atoms with Gasteiger partial charge < -0.3 is 9.16 Å². The van der Waals surface area contributed by atoms with Crippen molar-refractivity contribution in [2.45, 2.75) is 135 Å². The lowest BCUT2D eigenvalue weighted by molar-refractivity contribution is 0.129. The van der Waals surface area contributed by atoms with Crippen LogP contribution in [0.4, 0.5) is 0 Å². The van der Waals surface area contributed by atoms with Crippen molar-refractivity contribution in [3.05, 3.63) is 12.2 Å². The van der Waals surface area contributed by atoms with Gasteiger partial charge in [0.15, 0.2) is 8.32 Å². The molecule has 0 aliphatic carbocycles. The molecule has 0 aromatic heterocycles. The minimum atomic E-state index is -1.42. The van der Waals surface area contributed by atoms with Crippen molar-refractivity contribution in [2.75, 3.05) is 20.3 Å². The first-order valence-corrected chi connectivity index (χ1v) is 15.6. The van der Waals surface area contributed by atoms with Gasteiger partial charge in [-0.25, -0.2) is 0 Å². The van der Waals surface area contributed by atoms with Crippen LogP contribution in [0.15, 0.2) is 12.2 Å². The molecule has 3 heteroatoms. The molecule has 0 aliphatic heterocycles. The van der Waals surface area contributed by atoms with Gasteiger partial charge in [-0.1, -0.05) is 90.7 Å². The summed E-state index contributed by atoms with van der Waals surface area (Å²) >= 11 is 0. The molecule has 0 rings (SSSR count). The number of ether oxygens (including phenoxy) is 1. The van der Waals surface area contributed by atoms with Gasteiger partial charge >= 0.3 is 0 Å². The topological polar surface area (TPSA) is 18.5 Å². The monoisotopic (exact) mass is 426 g/mol. The molecular formula is C26H54O2Si. The van der Waals surface area contributed by atoms with Gasteiger partial charge in [-0.15, -0.1) is 0 Å². The maximum atomic E-state index is 5.86. The largest absolute Gasteiger partial charge is 0.420 e. The van der Waals surface area contributed by atoms with Crippen molar-refractivity contribution in [1.29, 1.82) is 0 Å². The highest BCUT2D eigenvalue weighted by Gasteiger charge is 2.28. The summed E-state index contributed by atoms with van der Waals surface area (Å²) in [6, 6.07) is 3.72. The van der Waals surface area contributed by atoms with E-state index < -0.39 is 8.32 Å². The average Bonchev–Trinajstić information content (AvgIpc) is 2.75. The van der Waals surface area contributed by atoms with Crippen molar-refractivity contribution in [1.82, 2.24) is 0 Å². The first-order chi connectivity index (χ1) is 14.2. The van der Waals surface area contributed by atoms with Gasteiger partial charge in [0, 0.05) is 20.3 Å². The van der Waals surface area contributed by atoms with E-state index in [1.807, 2.05) is 7.11 Å². The molecule has 2 nitrogen and oxygen atoms in total. The van der Waals surface area contributed by atoms with E-state index in [0.29, 0.717) is 0 Å². The molecular weight excluding hydrogens is 372 g/mol. The Kier molecular flexibility index (Phi) is 22.5. The Morgan fingerprint density at radius 1 is 0.586 bits per heavy atom. The molecule has 0 N–H and O–H groups in total. The van der Waals surface area contributed by atoms with E-state index >= 15 is 0 Å². The Hall–Kier alpha value is -0.123. The van der Waals surface area contributed by atoms with Crippen LogP contribution < -0.4 is 0 Å². The van der Waals surface area contributed by atoms with Gasteiger partial charge in [0.1, 0.15) is 0 Å². The molecule has 0 heterocycles. The summed E-state index contributed by atoms with van der Waals surface area (Å²) in [5.41, 5.74) is 0. The third-order valence-electron chi connectivity index (χ3n) is 6.44. The molecule has 0 spiro atoms. The summed E-state index contributed by atoms with van der Waals surface area (Å²) in [7, 11) is 0.494. The van der Waals surface area contributed by atoms with Crippen LogP contribution >= 0.6 is 0 Å². The summed E-state index contributed by atoms with van der Waals surface area (Å²) in [6.45, 7) is 8.72. The zero-order chi connectivity index (χ0) is 21.5. The Morgan fingerprint density at radius 2 is 1.07 bits per heavy atom. The van der Waals surface area contributed by atoms with Gasteiger partial charge in [0.05, 0.1) is 0 Å². The molecule has 0 bridgehead atoms.